The van der Waals surface area contributed by atoms with Crippen LogP contribution in [-0.2, 0) is 9.53 Å². The number of benzene rings is 1. The molecule has 1 aromatic rings. The van der Waals surface area contributed by atoms with Gasteiger partial charge in [0.1, 0.15) is 6.61 Å². The van der Waals surface area contributed by atoms with E-state index in [2.05, 4.69) is 10.6 Å². The SMILES string of the molecule is COCCOc1cc(NC(=O)CCC2CCNCC2)ccc1OC. The minimum atomic E-state index is 0.0431. The lowest BCUT2D eigenvalue weighted by molar-refractivity contribution is -0.116. The van der Waals surface area contributed by atoms with Gasteiger partial charge in [0.15, 0.2) is 11.5 Å². The third-order valence-electron chi connectivity index (χ3n) is 4.23. The topological polar surface area (TPSA) is 68.8 Å². The predicted octanol–water partition coefficient (Wildman–Crippen LogP) is 2.44. The monoisotopic (exact) mass is 336 g/mol. The van der Waals surface area contributed by atoms with Gasteiger partial charge in [-0.05, 0) is 50.4 Å². The van der Waals surface area contributed by atoms with Crippen molar-refractivity contribution in [3.63, 3.8) is 0 Å². The number of amides is 1. The highest BCUT2D eigenvalue weighted by Gasteiger charge is 2.15. The number of piperidine rings is 1. The molecule has 2 rings (SSSR count). The van der Waals surface area contributed by atoms with Gasteiger partial charge in [-0.2, -0.15) is 0 Å². The van der Waals surface area contributed by atoms with E-state index < -0.39 is 0 Å². The van der Waals surface area contributed by atoms with Gasteiger partial charge in [0.05, 0.1) is 13.7 Å². The number of hydrogen-bond donors (Lipinski definition) is 2. The molecule has 0 spiro atoms. The standard InChI is InChI=1S/C18H28N2O4/c1-22-11-12-24-17-13-15(4-5-16(17)23-2)20-18(21)6-3-14-7-9-19-10-8-14/h4-5,13-14,19H,3,6-12H2,1-2H3,(H,20,21). The smallest absolute Gasteiger partial charge is 0.224 e. The largest absolute Gasteiger partial charge is 0.493 e. The van der Waals surface area contributed by atoms with Crippen molar-refractivity contribution in [2.24, 2.45) is 5.92 Å². The second-order valence-corrected chi connectivity index (χ2v) is 5.99. The molecule has 1 heterocycles. The van der Waals surface area contributed by atoms with Crippen molar-refractivity contribution in [1.29, 1.82) is 0 Å². The van der Waals surface area contributed by atoms with Crippen molar-refractivity contribution in [2.45, 2.75) is 25.7 Å². The van der Waals surface area contributed by atoms with Gasteiger partial charge in [-0.15, -0.1) is 0 Å². The number of carbonyl (C=O) groups excluding carboxylic acids is 1. The average molecular weight is 336 g/mol. The molecular weight excluding hydrogens is 308 g/mol. The molecule has 0 unspecified atom stereocenters. The van der Waals surface area contributed by atoms with E-state index in [1.54, 1.807) is 26.4 Å². The van der Waals surface area contributed by atoms with E-state index in [0.29, 0.717) is 37.1 Å². The van der Waals surface area contributed by atoms with Crippen LogP contribution in [0.5, 0.6) is 11.5 Å². The zero-order valence-electron chi connectivity index (χ0n) is 14.6. The molecule has 24 heavy (non-hydrogen) atoms. The minimum Gasteiger partial charge on any atom is -0.493 e. The van der Waals surface area contributed by atoms with Crippen LogP contribution in [0.1, 0.15) is 25.7 Å². The fourth-order valence-electron chi connectivity index (χ4n) is 2.83. The van der Waals surface area contributed by atoms with Crippen LogP contribution in [0.3, 0.4) is 0 Å². The molecule has 0 bridgehead atoms. The Labute approximate surface area is 143 Å². The molecule has 0 radical (unpaired) electrons. The summed E-state index contributed by atoms with van der Waals surface area (Å²) in [5, 5.41) is 6.29. The highest BCUT2D eigenvalue weighted by molar-refractivity contribution is 5.91. The van der Waals surface area contributed by atoms with Crippen LogP contribution in [0.25, 0.3) is 0 Å². The molecule has 1 aliphatic rings. The number of rotatable bonds is 9. The Hall–Kier alpha value is -1.79. The van der Waals surface area contributed by atoms with E-state index in [1.165, 1.54) is 0 Å². The van der Waals surface area contributed by atoms with Crippen molar-refractivity contribution < 1.29 is 19.0 Å². The molecule has 1 aliphatic heterocycles. The molecule has 1 fully saturated rings. The molecule has 0 aliphatic carbocycles. The van der Waals surface area contributed by atoms with Crippen molar-refractivity contribution in [3.05, 3.63) is 18.2 Å². The van der Waals surface area contributed by atoms with Gasteiger partial charge in [0.2, 0.25) is 5.91 Å². The van der Waals surface area contributed by atoms with Gasteiger partial charge in [-0.1, -0.05) is 0 Å². The van der Waals surface area contributed by atoms with Crippen molar-refractivity contribution in [1.82, 2.24) is 5.32 Å². The maximum absolute atomic E-state index is 12.2. The summed E-state index contributed by atoms with van der Waals surface area (Å²) in [6.07, 6.45) is 3.82. The first kappa shape index (κ1) is 18.5. The molecule has 2 N–H and O–H groups in total. The highest BCUT2D eigenvalue weighted by Crippen LogP contribution is 2.30. The van der Waals surface area contributed by atoms with Gasteiger partial charge in [-0.25, -0.2) is 0 Å². The van der Waals surface area contributed by atoms with E-state index in [9.17, 15) is 4.79 Å². The van der Waals surface area contributed by atoms with Crippen LogP contribution in [0.15, 0.2) is 18.2 Å². The summed E-state index contributed by atoms with van der Waals surface area (Å²) < 4.78 is 15.9. The molecule has 1 aromatic carbocycles. The second kappa shape index (κ2) is 10.2. The summed E-state index contributed by atoms with van der Waals surface area (Å²) in [4.78, 5) is 12.2. The lowest BCUT2D eigenvalue weighted by Gasteiger charge is -2.22. The Morgan fingerprint density at radius 3 is 2.71 bits per heavy atom. The predicted molar refractivity (Wildman–Crippen MR) is 93.8 cm³/mol. The van der Waals surface area contributed by atoms with E-state index in [0.717, 1.165) is 38.0 Å². The number of methoxy groups -OCH3 is 2. The Balaban J connectivity index is 1.85. The Morgan fingerprint density at radius 1 is 1.21 bits per heavy atom. The molecule has 0 aromatic heterocycles. The first-order valence-electron chi connectivity index (χ1n) is 8.53. The number of anilines is 1. The summed E-state index contributed by atoms with van der Waals surface area (Å²) in [7, 11) is 3.22. The normalized spacial score (nSPS) is 15.1. The van der Waals surface area contributed by atoms with E-state index in [1.807, 2.05) is 6.07 Å². The van der Waals surface area contributed by atoms with E-state index >= 15 is 0 Å². The lowest BCUT2D eigenvalue weighted by atomic mass is 9.93. The zero-order chi connectivity index (χ0) is 17.2. The zero-order valence-corrected chi connectivity index (χ0v) is 14.6. The van der Waals surface area contributed by atoms with Gasteiger partial charge in [-0.3, -0.25) is 4.79 Å². The van der Waals surface area contributed by atoms with Crippen LogP contribution in [0, 0.1) is 5.92 Å². The van der Waals surface area contributed by atoms with E-state index in [4.69, 9.17) is 14.2 Å². The maximum atomic E-state index is 12.2. The van der Waals surface area contributed by atoms with Gasteiger partial charge in [0, 0.05) is 25.3 Å². The summed E-state index contributed by atoms with van der Waals surface area (Å²) in [5.41, 5.74) is 0.721. The highest BCUT2D eigenvalue weighted by atomic mass is 16.5. The molecule has 134 valence electrons. The first-order chi connectivity index (χ1) is 11.7. The van der Waals surface area contributed by atoms with Crippen LogP contribution in [-0.4, -0.2) is 46.4 Å². The Kier molecular flexibility index (Phi) is 7.85. The molecule has 1 saturated heterocycles. The molecule has 0 saturated carbocycles. The molecule has 0 atom stereocenters. The quantitative estimate of drug-likeness (QED) is 0.678. The summed E-state index contributed by atoms with van der Waals surface area (Å²) >= 11 is 0. The number of hydrogen-bond acceptors (Lipinski definition) is 5. The summed E-state index contributed by atoms with van der Waals surface area (Å²) in [5.74, 6) is 1.94. The number of ether oxygens (including phenoxy) is 3. The minimum absolute atomic E-state index is 0.0431. The third kappa shape index (κ3) is 6.02. The lowest BCUT2D eigenvalue weighted by Crippen LogP contribution is -2.28. The van der Waals surface area contributed by atoms with Crippen molar-refractivity contribution >= 4 is 11.6 Å². The van der Waals surface area contributed by atoms with Gasteiger partial charge in [0.25, 0.3) is 0 Å². The molecule has 6 nitrogen and oxygen atoms in total. The van der Waals surface area contributed by atoms with Crippen molar-refractivity contribution in [3.8, 4) is 11.5 Å². The maximum Gasteiger partial charge on any atom is 0.224 e. The van der Waals surface area contributed by atoms with Crippen molar-refractivity contribution in [2.75, 3.05) is 45.8 Å². The summed E-state index contributed by atoms with van der Waals surface area (Å²) in [6.45, 7) is 3.05. The van der Waals surface area contributed by atoms with Gasteiger partial charge < -0.3 is 24.8 Å². The Morgan fingerprint density at radius 2 is 2.00 bits per heavy atom. The van der Waals surface area contributed by atoms with Gasteiger partial charge >= 0.3 is 0 Å². The average Bonchev–Trinajstić information content (AvgIpc) is 2.61. The fraction of sp³-hybridized carbons (Fsp3) is 0.611. The first-order valence-corrected chi connectivity index (χ1v) is 8.53. The molecule has 1 amide bonds. The number of nitrogens with one attached hydrogen (secondary N) is 2. The van der Waals surface area contributed by atoms with E-state index in [-0.39, 0.29) is 5.91 Å². The third-order valence-corrected chi connectivity index (χ3v) is 4.23. The molecular formula is C18H28N2O4. The summed E-state index contributed by atoms with van der Waals surface area (Å²) in [6, 6.07) is 5.41. The van der Waals surface area contributed by atoms with Crippen LogP contribution in [0.4, 0.5) is 5.69 Å². The van der Waals surface area contributed by atoms with Crippen LogP contribution in [0.2, 0.25) is 0 Å². The fourth-order valence-corrected chi connectivity index (χ4v) is 2.83. The van der Waals surface area contributed by atoms with Crippen LogP contribution >= 0.6 is 0 Å². The van der Waals surface area contributed by atoms with Crippen LogP contribution < -0.4 is 20.1 Å². The molecule has 6 heteroatoms. The Bertz CT molecular complexity index is 516. The second-order valence-electron chi connectivity index (χ2n) is 5.99. The number of carbonyl (C=O) groups is 1.